The summed E-state index contributed by atoms with van der Waals surface area (Å²) in [5, 5.41) is 9.41. The molecule has 0 spiro atoms. The first-order valence-electron chi connectivity index (χ1n) is 11.1. The Morgan fingerprint density at radius 1 is 1.00 bits per heavy atom. The van der Waals surface area contributed by atoms with Gasteiger partial charge in [-0.05, 0) is 77.4 Å². The topological polar surface area (TPSA) is 118 Å². The Bertz CT molecular complexity index is 1390. The van der Waals surface area contributed by atoms with E-state index in [9.17, 15) is 14.4 Å². The van der Waals surface area contributed by atoms with Gasteiger partial charge < -0.3 is 20.1 Å². The molecular weight excluding hydrogens is 646 g/mol. The van der Waals surface area contributed by atoms with Crippen molar-refractivity contribution in [3.8, 4) is 11.5 Å². The monoisotopic (exact) mass is 668 g/mol. The zero-order valence-corrected chi connectivity index (χ0v) is 24.2. The number of nitrogens with zero attached hydrogens (tertiary/aromatic N) is 1. The Balaban J connectivity index is 1.61. The molecule has 0 unspecified atom stereocenters. The van der Waals surface area contributed by atoms with Gasteiger partial charge in [-0.1, -0.05) is 47.5 Å². The molecule has 0 bridgehead atoms. The van der Waals surface area contributed by atoms with Gasteiger partial charge in [0.15, 0.2) is 18.1 Å². The number of hydrogen-bond donors (Lipinski definition) is 3. The van der Waals surface area contributed by atoms with Crippen molar-refractivity contribution in [1.82, 2.24) is 5.43 Å². The van der Waals surface area contributed by atoms with E-state index in [0.717, 1.165) is 16.8 Å². The number of hydrogen-bond acceptors (Lipinski definition) is 6. The lowest BCUT2D eigenvalue weighted by Gasteiger charge is -2.15. The zero-order valence-electron chi connectivity index (χ0n) is 20.5. The minimum atomic E-state index is -1.01. The highest BCUT2D eigenvalue weighted by Gasteiger charge is 2.17. The molecule has 0 radical (unpaired) electrons. The first-order chi connectivity index (χ1) is 18.1. The average Bonchev–Trinajstić information content (AvgIpc) is 2.88. The van der Waals surface area contributed by atoms with E-state index in [1.54, 1.807) is 24.3 Å². The van der Waals surface area contributed by atoms with E-state index < -0.39 is 11.8 Å². The minimum absolute atomic E-state index is 0.116. The van der Waals surface area contributed by atoms with E-state index in [-0.39, 0.29) is 28.2 Å². The van der Waals surface area contributed by atoms with Crippen molar-refractivity contribution in [1.29, 1.82) is 0 Å². The second kappa shape index (κ2) is 13.4. The number of hydrazone groups is 1. The third kappa shape index (κ3) is 7.59. The molecule has 3 amide bonds. The molecule has 198 valence electrons. The second-order valence-electron chi connectivity index (χ2n) is 7.89. The molecule has 3 aromatic carbocycles. The summed E-state index contributed by atoms with van der Waals surface area (Å²) < 4.78 is 11.8. The molecule has 0 saturated heterocycles. The summed E-state index contributed by atoms with van der Waals surface area (Å²) >= 11 is 14.0. The Labute approximate surface area is 243 Å². The second-order valence-corrected chi connectivity index (χ2v) is 9.84. The van der Waals surface area contributed by atoms with Gasteiger partial charge in [0.1, 0.15) is 0 Å². The molecule has 0 fully saturated rings. The highest BCUT2D eigenvalue weighted by atomic mass is 127. The third-order valence-corrected chi connectivity index (χ3v) is 6.75. The molecule has 0 heterocycles. The van der Waals surface area contributed by atoms with E-state index in [2.05, 4.69) is 21.2 Å². The molecule has 0 aliphatic carbocycles. The van der Waals surface area contributed by atoms with Crippen molar-refractivity contribution in [2.45, 2.75) is 13.8 Å². The zero-order chi connectivity index (χ0) is 27.8. The van der Waals surface area contributed by atoms with Gasteiger partial charge in [0.2, 0.25) is 0 Å². The van der Waals surface area contributed by atoms with Gasteiger partial charge in [-0.25, -0.2) is 5.43 Å². The number of benzene rings is 3. The first-order valence-corrected chi connectivity index (χ1v) is 12.9. The molecular formula is C26H23Cl2IN4O5. The highest BCUT2D eigenvalue weighted by molar-refractivity contribution is 14.1. The molecule has 3 rings (SSSR count). The summed E-state index contributed by atoms with van der Waals surface area (Å²) in [6.07, 6.45) is 1.33. The van der Waals surface area contributed by atoms with E-state index >= 15 is 0 Å². The van der Waals surface area contributed by atoms with Crippen LogP contribution in [0.1, 0.15) is 16.7 Å². The fraction of sp³-hybridized carbons (Fsp3) is 0.154. The number of rotatable bonds is 8. The predicted octanol–water partition coefficient (Wildman–Crippen LogP) is 5.33. The summed E-state index contributed by atoms with van der Waals surface area (Å²) in [6.45, 7) is 3.61. The molecule has 0 saturated carbocycles. The Morgan fingerprint density at radius 3 is 2.37 bits per heavy atom. The van der Waals surface area contributed by atoms with Crippen LogP contribution in [0.3, 0.4) is 0 Å². The molecule has 38 heavy (non-hydrogen) atoms. The lowest BCUT2D eigenvalue weighted by Crippen LogP contribution is -2.32. The Morgan fingerprint density at radius 2 is 1.68 bits per heavy atom. The van der Waals surface area contributed by atoms with Gasteiger partial charge in [0.25, 0.3) is 5.91 Å². The summed E-state index contributed by atoms with van der Waals surface area (Å²) in [7, 11) is 1.46. The van der Waals surface area contributed by atoms with Gasteiger partial charge in [-0.3, -0.25) is 14.4 Å². The lowest BCUT2D eigenvalue weighted by atomic mass is 10.1. The average molecular weight is 669 g/mol. The van der Waals surface area contributed by atoms with Crippen molar-refractivity contribution in [2.75, 3.05) is 24.4 Å². The van der Waals surface area contributed by atoms with Crippen molar-refractivity contribution in [2.24, 2.45) is 5.10 Å². The normalized spacial score (nSPS) is 10.7. The number of nitrogens with one attached hydrogen (secondary N) is 3. The quantitative estimate of drug-likeness (QED) is 0.130. The third-order valence-electron chi connectivity index (χ3n) is 5.13. The Kier molecular flexibility index (Phi) is 10.3. The maximum atomic E-state index is 12.5. The van der Waals surface area contributed by atoms with Crippen LogP contribution in [0.15, 0.2) is 53.6 Å². The summed E-state index contributed by atoms with van der Waals surface area (Å²) in [6, 6.07) is 13.7. The Hall–Kier alpha value is -3.35. The fourth-order valence-electron chi connectivity index (χ4n) is 3.27. The highest BCUT2D eigenvalue weighted by Crippen LogP contribution is 2.34. The number of carbonyl (C=O) groups excluding carboxylic acids is 3. The maximum absolute atomic E-state index is 12.5. The number of amides is 3. The van der Waals surface area contributed by atoms with Crippen LogP contribution in [0, 0.1) is 17.4 Å². The molecule has 3 N–H and O–H groups in total. The number of ether oxygens (including phenoxy) is 2. The predicted molar refractivity (Wildman–Crippen MR) is 157 cm³/mol. The van der Waals surface area contributed by atoms with Gasteiger partial charge >= 0.3 is 11.8 Å². The van der Waals surface area contributed by atoms with Crippen molar-refractivity contribution in [3.05, 3.63) is 78.8 Å². The number of halogens is 3. The first kappa shape index (κ1) is 29.2. The van der Waals surface area contributed by atoms with E-state index in [1.807, 2.05) is 54.6 Å². The minimum Gasteiger partial charge on any atom is -0.493 e. The van der Waals surface area contributed by atoms with Gasteiger partial charge in [-0.2, -0.15) is 5.10 Å². The van der Waals surface area contributed by atoms with Crippen LogP contribution in [0.25, 0.3) is 0 Å². The van der Waals surface area contributed by atoms with Crippen LogP contribution in [-0.2, 0) is 14.4 Å². The van der Waals surface area contributed by atoms with Crippen LogP contribution in [-0.4, -0.2) is 37.7 Å². The fourth-order valence-corrected chi connectivity index (χ4v) is 4.40. The van der Waals surface area contributed by atoms with Crippen molar-refractivity contribution in [3.63, 3.8) is 0 Å². The molecule has 3 aromatic rings. The van der Waals surface area contributed by atoms with Crippen LogP contribution in [0.5, 0.6) is 11.5 Å². The molecule has 12 heteroatoms. The van der Waals surface area contributed by atoms with Crippen LogP contribution < -0.4 is 25.5 Å². The van der Waals surface area contributed by atoms with Crippen LogP contribution in [0.4, 0.5) is 11.4 Å². The summed E-state index contributed by atoms with van der Waals surface area (Å²) in [5.41, 5.74) is 5.54. The number of para-hydroxylation sites is 1. The van der Waals surface area contributed by atoms with Crippen LogP contribution >= 0.6 is 45.8 Å². The maximum Gasteiger partial charge on any atom is 0.329 e. The van der Waals surface area contributed by atoms with Crippen molar-refractivity contribution >= 4 is 81.1 Å². The number of carbonyl (C=O) groups is 3. The number of aryl methyl sites for hydroxylation is 2. The molecule has 0 aromatic heterocycles. The number of methoxy groups -OCH3 is 1. The van der Waals surface area contributed by atoms with Crippen molar-refractivity contribution < 1.29 is 23.9 Å². The smallest absolute Gasteiger partial charge is 0.329 e. The molecule has 9 nitrogen and oxygen atoms in total. The molecule has 0 aliphatic heterocycles. The van der Waals surface area contributed by atoms with Gasteiger partial charge in [-0.15, -0.1) is 0 Å². The van der Waals surface area contributed by atoms with E-state index in [4.69, 9.17) is 32.7 Å². The van der Waals surface area contributed by atoms with Gasteiger partial charge in [0.05, 0.1) is 32.6 Å². The van der Waals surface area contributed by atoms with E-state index in [0.29, 0.717) is 20.6 Å². The van der Waals surface area contributed by atoms with Crippen LogP contribution in [0.2, 0.25) is 10.0 Å². The largest absolute Gasteiger partial charge is 0.493 e. The SMILES string of the molecule is COc1cc(/C=N\NC(=O)C(=O)Nc2cccc(Cl)c2Cl)cc(I)c1OCC(=O)Nc1c(C)cccc1C. The molecule has 0 aliphatic rings. The number of anilines is 2. The van der Waals surface area contributed by atoms with E-state index in [1.165, 1.54) is 19.4 Å². The lowest BCUT2D eigenvalue weighted by molar-refractivity contribution is -0.136. The standard InChI is InChI=1S/C26H23Cl2IN4O5/c1-14-6-4-7-15(2)23(14)32-21(34)13-38-24-18(29)10-16(11-20(24)37-3)12-30-33-26(36)25(35)31-19-9-5-8-17(27)22(19)28/h4-12H,13H2,1-3H3,(H,31,35)(H,32,34)(H,33,36)/b30-12-. The molecule has 0 atom stereocenters. The van der Waals surface area contributed by atoms with Gasteiger partial charge in [0, 0.05) is 5.69 Å². The summed E-state index contributed by atoms with van der Waals surface area (Å²) in [5.74, 6) is -1.55. The summed E-state index contributed by atoms with van der Waals surface area (Å²) in [4.78, 5) is 36.7.